The fourth-order valence-electron chi connectivity index (χ4n) is 4.60. The highest BCUT2D eigenvalue weighted by Crippen LogP contribution is 2.34. The molecular formula is C22H39Cl2N5O5S. The summed E-state index contributed by atoms with van der Waals surface area (Å²) in [6.07, 6.45) is 5.43. The van der Waals surface area contributed by atoms with E-state index in [4.69, 9.17) is 4.74 Å². The summed E-state index contributed by atoms with van der Waals surface area (Å²) in [7, 11) is -2.35. The normalized spacial score (nSPS) is 18.9. The fraction of sp³-hybridized carbons (Fsp3) is 0.727. The van der Waals surface area contributed by atoms with Crippen molar-refractivity contribution < 1.29 is 23.2 Å². The summed E-state index contributed by atoms with van der Waals surface area (Å²) in [4.78, 5) is 21.4. The molecule has 2 aliphatic rings. The number of nitrogens with one attached hydrogen (secondary N) is 1. The van der Waals surface area contributed by atoms with Crippen LogP contribution in [0.4, 0.5) is 5.82 Å². The van der Waals surface area contributed by atoms with E-state index in [2.05, 4.69) is 27.8 Å². The van der Waals surface area contributed by atoms with Gasteiger partial charge < -0.3 is 14.5 Å². The number of aryl methyl sites for hydroxylation is 1. The van der Waals surface area contributed by atoms with Crippen molar-refractivity contribution in [3.8, 4) is 0 Å². The molecule has 0 bridgehead atoms. The minimum atomic E-state index is -3.97. The number of carbonyl (C=O) groups is 1. The van der Waals surface area contributed by atoms with Crippen molar-refractivity contribution in [1.82, 2.24) is 19.7 Å². The molecule has 2 saturated heterocycles. The van der Waals surface area contributed by atoms with Gasteiger partial charge in [-0.15, -0.1) is 24.8 Å². The molecule has 0 aliphatic carbocycles. The van der Waals surface area contributed by atoms with Gasteiger partial charge >= 0.3 is 0 Å². The van der Waals surface area contributed by atoms with Crippen LogP contribution in [0.15, 0.2) is 18.3 Å². The number of carbonyl (C=O) groups excluding carboxylic acids is 1. The van der Waals surface area contributed by atoms with Gasteiger partial charge in [-0.2, -0.15) is 4.31 Å². The summed E-state index contributed by atoms with van der Waals surface area (Å²) < 4.78 is 32.1. The summed E-state index contributed by atoms with van der Waals surface area (Å²) in [5.41, 5.74) is 2.83. The number of aromatic nitrogens is 1. The van der Waals surface area contributed by atoms with Gasteiger partial charge in [0, 0.05) is 59.1 Å². The molecule has 1 amide bonds. The van der Waals surface area contributed by atoms with Crippen LogP contribution in [0.3, 0.4) is 0 Å². The van der Waals surface area contributed by atoms with Crippen molar-refractivity contribution in [2.45, 2.75) is 43.8 Å². The van der Waals surface area contributed by atoms with Gasteiger partial charge in [-0.1, -0.05) is 19.4 Å². The van der Waals surface area contributed by atoms with Crippen LogP contribution in [0.5, 0.6) is 0 Å². The zero-order valence-electron chi connectivity index (χ0n) is 20.5. The van der Waals surface area contributed by atoms with Crippen LogP contribution in [0.1, 0.15) is 38.2 Å². The summed E-state index contributed by atoms with van der Waals surface area (Å²) in [6, 6.07) is 4.07. The maximum atomic E-state index is 13.6. The molecule has 13 heteroatoms. The van der Waals surface area contributed by atoms with Gasteiger partial charge in [-0.25, -0.2) is 18.9 Å². The second-order valence-electron chi connectivity index (χ2n) is 8.79. The maximum Gasteiger partial charge on any atom is 0.266 e. The number of ether oxygens (including phenoxy) is 1. The van der Waals surface area contributed by atoms with E-state index in [0.29, 0.717) is 39.3 Å². The van der Waals surface area contributed by atoms with Crippen LogP contribution in [-0.4, -0.2) is 98.0 Å². The van der Waals surface area contributed by atoms with E-state index in [1.807, 2.05) is 12.3 Å². The molecule has 10 nitrogen and oxygen atoms in total. The fourth-order valence-corrected chi connectivity index (χ4v) is 6.72. The van der Waals surface area contributed by atoms with Gasteiger partial charge in [0.25, 0.3) is 5.91 Å². The minimum Gasteiger partial charge on any atom is -0.383 e. The van der Waals surface area contributed by atoms with E-state index in [1.165, 1.54) is 9.87 Å². The number of likely N-dealkylation sites (tertiary alicyclic amines) is 1. The first-order valence-corrected chi connectivity index (χ1v) is 13.2. The van der Waals surface area contributed by atoms with Crippen LogP contribution < -0.4 is 10.4 Å². The highest BCUT2D eigenvalue weighted by Gasteiger charge is 2.55. The molecule has 2 N–H and O–H groups in total. The van der Waals surface area contributed by atoms with Gasteiger partial charge in [-0.05, 0) is 37.3 Å². The first-order chi connectivity index (χ1) is 15.9. The van der Waals surface area contributed by atoms with Crippen molar-refractivity contribution in [3.63, 3.8) is 0 Å². The molecular weight excluding hydrogens is 517 g/mol. The van der Waals surface area contributed by atoms with E-state index in [-0.39, 0.29) is 50.7 Å². The lowest BCUT2D eigenvalue weighted by Gasteiger charge is -2.43. The average Bonchev–Trinajstić information content (AvgIpc) is 2.86. The first-order valence-electron chi connectivity index (χ1n) is 11.7. The average molecular weight is 557 g/mol. The van der Waals surface area contributed by atoms with E-state index in [1.54, 1.807) is 12.6 Å². The summed E-state index contributed by atoms with van der Waals surface area (Å²) >= 11 is 0. The number of pyridine rings is 1. The number of amides is 1. The molecule has 0 radical (unpaired) electrons. The molecule has 35 heavy (non-hydrogen) atoms. The molecule has 202 valence electrons. The zero-order chi connectivity index (χ0) is 23.9. The number of hydrogen-bond acceptors (Lipinski definition) is 8. The predicted molar refractivity (Wildman–Crippen MR) is 140 cm³/mol. The smallest absolute Gasteiger partial charge is 0.266 e. The van der Waals surface area contributed by atoms with Gasteiger partial charge in [0.2, 0.25) is 10.0 Å². The lowest BCUT2D eigenvalue weighted by atomic mass is 9.95. The van der Waals surface area contributed by atoms with Gasteiger partial charge in [0.15, 0.2) is 4.75 Å². The number of nitrogens with zero attached hydrogens (tertiary/aromatic N) is 4. The Bertz CT molecular complexity index is 875. The molecule has 0 unspecified atom stereocenters. The second-order valence-corrected chi connectivity index (χ2v) is 11.0. The van der Waals surface area contributed by atoms with Crippen LogP contribution in [0.2, 0.25) is 0 Å². The third-order valence-electron chi connectivity index (χ3n) is 6.82. The van der Waals surface area contributed by atoms with E-state index >= 15 is 0 Å². The number of hydroxylamine groups is 1. The van der Waals surface area contributed by atoms with Gasteiger partial charge in [0.05, 0.1) is 6.61 Å². The molecule has 0 saturated carbocycles. The Morgan fingerprint density at radius 1 is 1.14 bits per heavy atom. The number of hydrogen-bond donors (Lipinski definition) is 2. The van der Waals surface area contributed by atoms with Crippen LogP contribution in [0.25, 0.3) is 0 Å². The SMILES string of the molecule is CCCCc1ccc(N2CCN(S(=O)(=O)C3(C(=O)NO)CCN(CCOC)CC3)CC2)nc1.Cl.Cl. The summed E-state index contributed by atoms with van der Waals surface area (Å²) in [5.74, 6) is -0.0118. The van der Waals surface area contributed by atoms with E-state index in [9.17, 15) is 18.4 Å². The zero-order valence-corrected chi connectivity index (χ0v) is 23.0. The third-order valence-corrected chi connectivity index (χ3v) is 9.44. The number of rotatable bonds is 10. The van der Waals surface area contributed by atoms with Crippen molar-refractivity contribution in [2.24, 2.45) is 0 Å². The molecule has 0 aromatic carbocycles. The topological polar surface area (TPSA) is 115 Å². The number of methoxy groups -OCH3 is 1. The van der Waals surface area contributed by atoms with Crippen molar-refractivity contribution >= 4 is 46.6 Å². The van der Waals surface area contributed by atoms with Gasteiger partial charge in [-0.3, -0.25) is 10.0 Å². The largest absolute Gasteiger partial charge is 0.383 e. The Hall–Kier alpha value is -1.21. The quantitative estimate of drug-likeness (QED) is 0.331. The molecule has 3 rings (SSSR count). The first kappa shape index (κ1) is 31.8. The monoisotopic (exact) mass is 555 g/mol. The Morgan fingerprint density at radius 2 is 1.80 bits per heavy atom. The maximum absolute atomic E-state index is 13.6. The van der Waals surface area contributed by atoms with Crippen LogP contribution in [0, 0.1) is 0 Å². The standard InChI is InChI=1S/C22H37N5O5S.2ClH/c1-3-4-5-19-6-7-20(23-18-19)26-12-14-27(15-13-26)33(30,31)22(21(28)24-29)8-10-25(11-9-22)16-17-32-2;;/h6-7,18,29H,3-5,8-17H2,1-2H3,(H,24,28);2*1H. The number of sulfonamides is 1. The van der Waals surface area contributed by atoms with E-state index in [0.717, 1.165) is 25.1 Å². The molecule has 0 atom stereocenters. The Labute approximate surface area is 221 Å². The Kier molecular flexibility index (Phi) is 13.2. The van der Waals surface area contributed by atoms with Crippen molar-refractivity contribution in [2.75, 3.05) is 64.4 Å². The number of piperidine rings is 1. The van der Waals surface area contributed by atoms with Crippen LogP contribution >= 0.6 is 24.8 Å². The lowest BCUT2D eigenvalue weighted by Crippen LogP contribution is -2.63. The minimum absolute atomic E-state index is 0. The number of anilines is 1. The Balaban J connectivity index is 0.00000306. The van der Waals surface area contributed by atoms with Gasteiger partial charge in [0.1, 0.15) is 5.82 Å². The highest BCUT2D eigenvalue weighted by atomic mass is 35.5. The Morgan fingerprint density at radius 3 is 2.31 bits per heavy atom. The predicted octanol–water partition coefficient (Wildman–Crippen LogP) is 1.71. The molecule has 3 heterocycles. The molecule has 0 spiro atoms. The molecule has 2 aliphatic heterocycles. The number of unbranched alkanes of at least 4 members (excludes halogenated alkanes) is 1. The lowest BCUT2D eigenvalue weighted by molar-refractivity contribution is -0.133. The summed E-state index contributed by atoms with van der Waals surface area (Å²) in [6.45, 7) is 5.82. The third kappa shape index (κ3) is 7.18. The van der Waals surface area contributed by atoms with Crippen LogP contribution in [-0.2, 0) is 26.0 Å². The molecule has 2 fully saturated rings. The number of piperazine rings is 1. The molecule has 1 aromatic heterocycles. The van der Waals surface area contributed by atoms with Crippen molar-refractivity contribution in [1.29, 1.82) is 0 Å². The number of halogens is 2. The second kappa shape index (κ2) is 14.5. The van der Waals surface area contributed by atoms with E-state index < -0.39 is 20.7 Å². The summed E-state index contributed by atoms with van der Waals surface area (Å²) in [5, 5.41) is 9.36. The van der Waals surface area contributed by atoms with Crippen molar-refractivity contribution in [3.05, 3.63) is 23.9 Å². The highest BCUT2D eigenvalue weighted by molar-refractivity contribution is 7.91. The molecule has 1 aromatic rings.